The maximum Gasteiger partial charge on any atom is 0.0547 e. The number of aryl methyl sites for hydroxylation is 1. The first-order valence-electron chi connectivity index (χ1n) is 14.8. The Hall–Kier alpha value is -5.34. The summed E-state index contributed by atoms with van der Waals surface area (Å²) in [5, 5.41) is 5.15. The molecule has 2 aromatic heterocycles. The van der Waals surface area contributed by atoms with Crippen LogP contribution in [0.25, 0.3) is 72.2 Å². The normalized spacial score (nSPS) is 13.0. The molecule has 0 N–H and O–H groups in total. The topological polar surface area (TPSA) is 9.86 Å². The lowest BCUT2D eigenvalue weighted by atomic mass is 9.95. The number of fused-ring (bicyclic) bond motifs is 7. The second-order valence-electron chi connectivity index (χ2n) is 11.3. The van der Waals surface area contributed by atoms with Crippen LogP contribution in [0.3, 0.4) is 0 Å². The highest BCUT2D eigenvalue weighted by Gasteiger charge is 2.20. The molecule has 2 heterocycles. The SMILES string of the molecule is C1=Cc2ccc(-n3c4ccccc4c4c(-c5cccc6c5c5ccccc5n6-c5ccccc5)cccc43)cc2CC1. The Morgan fingerprint density at radius 1 is 0.452 bits per heavy atom. The van der Waals surface area contributed by atoms with E-state index in [1.165, 1.54) is 77.2 Å². The molecule has 6 aromatic carbocycles. The zero-order valence-corrected chi connectivity index (χ0v) is 23.2. The third kappa shape index (κ3) is 3.33. The van der Waals surface area contributed by atoms with Gasteiger partial charge in [-0.3, -0.25) is 0 Å². The fraction of sp³-hybridized carbons (Fsp3) is 0.0500. The maximum atomic E-state index is 2.46. The van der Waals surface area contributed by atoms with Crippen LogP contribution in [-0.4, -0.2) is 9.13 Å². The molecule has 42 heavy (non-hydrogen) atoms. The van der Waals surface area contributed by atoms with Gasteiger partial charge in [0.05, 0.1) is 22.1 Å². The Labute approximate surface area is 244 Å². The summed E-state index contributed by atoms with van der Waals surface area (Å²) in [6.07, 6.45) is 6.74. The highest BCUT2D eigenvalue weighted by molar-refractivity contribution is 6.22. The number of hydrogen-bond acceptors (Lipinski definition) is 0. The molecule has 0 bridgehead atoms. The van der Waals surface area contributed by atoms with E-state index in [0.29, 0.717) is 0 Å². The van der Waals surface area contributed by atoms with Crippen molar-refractivity contribution >= 4 is 49.7 Å². The number of nitrogens with zero attached hydrogens (tertiary/aromatic N) is 2. The fourth-order valence-electron chi connectivity index (χ4n) is 7.18. The van der Waals surface area contributed by atoms with Crippen molar-refractivity contribution in [3.05, 3.63) is 151 Å². The molecular weight excluding hydrogens is 508 g/mol. The lowest BCUT2D eigenvalue weighted by Gasteiger charge is -2.15. The van der Waals surface area contributed by atoms with Crippen molar-refractivity contribution in [1.82, 2.24) is 9.13 Å². The lowest BCUT2D eigenvalue weighted by molar-refractivity contribution is 0.979. The second-order valence-corrected chi connectivity index (χ2v) is 11.3. The molecule has 1 aliphatic carbocycles. The van der Waals surface area contributed by atoms with Crippen molar-refractivity contribution in [3.63, 3.8) is 0 Å². The minimum absolute atomic E-state index is 1.09. The van der Waals surface area contributed by atoms with Gasteiger partial charge >= 0.3 is 0 Å². The van der Waals surface area contributed by atoms with Crippen molar-refractivity contribution in [2.24, 2.45) is 0 Å². The van der Waals surface area contributed by atoms with Crippen molar-refractivity contribution in [3.8, 4) is 22.5 Å². The van der Waals surface area contributed by atoms with E-state index in [9.17, 15) is 0 Å². The first kappa shape index (κ1) is 23.4. The molecule has 198 valence electrons. The summed E-state index contributed by atoms with van der Waals surface area (Å²) in [7, 11) is 0. The Morgan fingerprint density at radius 3 is 1.69 bits per heavy atom. The van der Waals surface area contributed by atoms with Gasteiger partial charge in [0.25, 0.3) is 0 Å². The molecule has 0 atom stereocenters. The average molecular weight is 537 g/mol. The van der Waals surface area contributed by atoms with Gasteiger partial charge in [-0.05, 0) is 83.6 Å². The van der Waals surface area contributed by atoms with Crippen LogP contribution in [0.1, 0.15) is 17.5 Å². The molecule has 2 nitrogen and oxygen atoms in total. The van der Waals surface area contributed by atoms with Crippen LogP contribution >= 0.6 is 0 Å². The predicted octanol–water partition coefficient (Wildman–Crippen LogP) is 10.5. The van der Waals surface area contributed by atoms with E-state index >= 15 is 0 Å². The minimum Gasteiger partial charge on any atom is -0.309 e. The summed E-state index contributed by atoms with van der Waals surface area (Å²) in [6.45, 7) is 0. The van der Waals surface area contributed by atoms with Crippen molar-refractivity contribution in [1.29, 1.82) is 0 Å². The van der Waals surface area contributed by atoms with Gasteiger partial charge in [0.1, 0.15) is 0 Å². The predicted molar refractivity (Wildman–Crippen MR) is 178 cm³/mol. The van der Waals surface area contributed by atoms with Crippen LogP contribution in [0.5, 0.6) is 0 Å². The first-order chi connectivity index (χ1) is 20.9. The number of para-hydroxylation sites is 3. The van der Waals surface area contributed by atoms with Gasteiger partial charge in [-0.25, -0.2) is 0 Å². The molecule has 2 heteroatoms. The van der Waals surface area contributed by atoms with E-state index in [-0.39, 0.29) is 0 Å². The van der Waals surface area contributed by atoms with E-state index in [2.05, 4.69) is 155 Å². The van der Waals surface area contributed by atoms with Gasteiger partial charge in [0.15, 0.2) is 0 Å². The van der Waals surface area contributed by atoms with Gasteiger partial charge in [-0.1, -0.05) is 97.1 Å². The van der Waals surface area contributed by atoms with Gasteiger partial charge in [-0.15, -0.1) is 0 Å². The highest BCUT2D eigenvalue weighted by Crippen LogP contribution is 2.43. The number of aromatic nitrogens is 2. The lowest BCUT2D eigenvalue weighted by Crippen LogP contribution is -1.99. The van der Waals surface area contributed by atoms with E-state index in [4.69, 9.17) is 0 Å². The van der Waals surface area contributed by atoms with E-state index in [1.807, 2.05) is 0 Å². The fourth-order valence-corrected chi connectivity index (χ4v) is 7.18. The third-order valence-electron chi connectivity index (χ3n) is 8.96. The van der Waals surface area contributed by atoms with Crippen LogP contribution in [0.2, 0.25) is 0 Å². The smallest absolute Gasteiger partial charge is 0.0547 e. The molecule has 0 amide bonds. The zero-order chi connectivity index (χ0) is 27.6. The summed E-state index contributed by atoms with van der Waals surface area (Å²) < 4.78 is 4.86. The van der Waals surface area contributed by atoms with Crippen LogP contribution in [0.4, 0.5) is 0 Å². The molecule has 0 spiro atoms. The highest BCUT2D eigenvalue weighted by atomic mass is 15.0. The minimum atomic E-state index is 1.09. The van der Waals surface area contributed by atoms with Crippen LogP contribution < -0.4 is 0 Å². The molecule has 9 rings (SSSR count). The molecule has 0 saturated carbocycles. The van der Waals surface area contributed by atoms with E-state index in [1.54, 1.807) is 0 Å². The van der Waals surface area contributed by atoms with Gasteiger partial charge in [0, 0.05) is 32.9 Å². The van der Waals surface area contributed by atoms with Gasteiger partial charge in [-0.2, -0.15) is 0 Å². The van der Waals surface area contributed by atoms with Crippen molar-refractivity contribution < 1.29 is 0 Å². The molecule has 0 aliphatic heterocycles. The summed E-state index contributed by atoms with van der Waals surface area (Å²) in [6, 6.07) is 48.9. The van der Waals surface area contributed by atoms with E-state index < -0.39 is 0 Å². The monoisotopic (exact) mass is 536 g/mol. The number of hydrogen-bond donors (Lipinski definition) is 0. The largest absolute Gasteiger partial charge is 0.309 e. The standard InChI is InChI=1S/C40H28N2/c1-2-14-29(15-3-1)41-35-20-8-6-16-33(35)39-31(18-10-22-37(39)41)32-19-11-23-38-40(32)34-17-7-9-21-36(34)42(38)30-25-24-27-12-4-5-13-28(27)26-30/h1-4,6-12,14-26H,5,13H2. The summed E-state index contributed by atoms with van der Waals surface area (Å²) in [5.41, 5.74) is 12.6. The molecule has 1 aliphatic rings. The maximum absolute atomic E-state index is 2.46. The molecule has 0 unspecified atom stereocenters. The Bertz CT molecular complexity index is 2350. The molecule has 0 fully saturated rings. The van der Waals surface area contributed by atoms with Crippen LogP contribution in [0, 0.1) is 0 Å². The first-order valence-corrected chi connectivity index (χ1v) is 14.8. The zero-order valence-electron chi connectivity index (χ0n) is 23.2. The van der Waals surface area contributed by atoms with Gasteiger partial charge < -0.3 is 9.13 Å². The number of rotatable bonds is 3. The van der Waals surface area contributed by atoms with Gasteiger partial charge in [0.2, 0.25) is 0 Å². The summed E-state index contributed by atoms with van der Waals surface area (Å²) in [4.78, 5) is 0. The van der Waals surface area contributed by atoms with Crippen molar-refractivity contribution in [2.45, 2.75) is 12.8 Å². The van der Waals surface area contributed by atoms with Crippen LogP contribution in [0.15, 0.2) is 140 Å². The summed E-state index contributed by atoms with van der Waals surface area (Å²) in [5.74, 6) is 0. The Morgan fingerprint density at radius 2 is 1.02 bits per heavy atom. The quantitative estimate of drug-likeness (QED) is 0.213. The van der Waals surface area contributed by atoms with Crippen LogP contribution in [-0.2, 0) is 6.42 Å². The summed E-state index contributed by atoms with van der Waals surface area (Å²) >= 11 is 0. The van der Waals surface area contributed by atoms with E-state index in [0.717, 1.165) is 12.8 Å². The number of benzene rings is 6. The van der Waals surface area contributed by atoms with Crippen molar-refractivity contribution in [2.75, 3.05) is 0 Å². The Balaban J connectivity index is 1.38. The average Bonchev–Trinajstić information content (AvgIpc) is 3.58. The second kappa shape index (κ2) is 9.09. The molecular formula is C40H28N2. The number of allylic oxidation sites excluding steroid dienone is 1. The molecule has 0 saturated heterocycles. The Kier molecular flexibility index (Phi) is 5.06. The molecule has 0 radical (unpaired) electrons. The third-order valence-corrected chi connectivity index (χ3v) is 8.96. The molecule has 8 aromatic rings.